The quantitative estimate of drug-likeness (QED) is 0.937. The molecule has 1 saturated heterocycles. The number of piperidine rings is 1. The maximum Gasteiger partial charge on any atom is 0.410 e. The van der Waals surface area contributed by atoms with Crippen molar-refractivity contribution in [1.82, 2.24) is 19.7 Å². The lowest BCUT2D eigenvalue weighted by molar-refractivity contribution is 0.0818. The van der Waals surface area contributed by atoms with E-state index in [9.17, 15) is 9.59 Å². The molecule has 0 spiro atoms. The van der Waals surface area contributed by atoms with E-state index in [2.05, 4.69) is 10.1 Å². The van der Waals surface area contributed by atoms with Crippen LogP contribution in [0.25, 0.3) is 0 Å². The number of H-pyrrole nitrogens is 1. The van der Waals surface area contributed by atoms with E-state index in [1.54, 1.807) is 11.8 Å². The predicted molar refractivity (Wildman–Crippen MR) is 84.1 cm³/mol. The maximum atomic E-state index is 12.1. The van der Waals surface area contributed by atoms with Gasteiger partial charge < -0.3 is 9.64 Å². The number of nitrogens with zero attached hydrogens (tertiary/aromatic N) is 3. The number of aryl methyl sites for hydroxylation is 1. The Labute approximate surface area is 133 Å². The Morgan fingerprint density at radius 2 is 2.00 bits per heavy atom. The summed E-state index contributed by atoms with van der Waals surface area (Å²) in [5.74, 6) is 0.611. The van der Waals surface area contributed by atoms with Crippen LogP contribution in [0.5, 0.6) is 0 Å². The third-order valence-corrected chi connectivity index (χ3v) is 4.03. The highest BCUT2D eigenvalue weighted by Gasteiger charge is 2.26. The van der Waals surface area contributed by atoms with Crippen LogP contribution in [0.2, 0.25) is 0 Å². The average Bonchev–Trinajstić information content (AvgIpc) is 2.92. The molecule has 7 nitrogen and oxygen atoms in total. The first-order valence-electron chi connectivity index (χ1n) is 7.74. The molecule has 0 saturated carbocycles. The summed E-state index contributed by atoms with van der Waals surface area (Å²) in [6.45, 7) is 3.17. The van der Waals surface area contributed by atoms with Crippen LogP contribution in [0.1, 0.15) is 30.3 Å². The molecule has 1 N–H and O–H groups in total. The zero-order chi connectivity index (χ0) is 16.2. The first kappa shape index (κ1) is 15.3. The van der Waals surface area contributed by atoms with E-state index in [1.807, 2.05) is 30.3 Å². The number of aromatic amines is 1. The highest BCUT2D eigenvalue weighted by atomic mass is 16.6. The van der Waals surface area contributed by atoms with E-state index in [-0.39, 0.29) is 24.4 Å². The summed E-state index contributed by atoms with van der Waals surface area (Å²) in [5, 5.41) is 4.19. The Morgan fingerprint density at radius 1 is 1.30 bits per heavy atom. The Hall–Kier alpha value is -2.57. The molecule has 0 radical (unpaired) electrons. The number of amides is 1. The molecule has 0 unspecified atom stereocenters. The van der Waals surface area contributed by atoms with Crippen molar-refractivity contribution in [3.8, 4) is 0 Å². The van der Waals surface area contributed by atoms with Crippen molar-refractivity contribution in [2.75, 3.05) is 13.1 Å². The van der Waals surface area contributed by atoms with Crippen LogP contribution in [0.3, 0.4) is 0 Å². The highest BCUT2D eigenvalue weighted by molar-refractivity contribution is 5.67. The van der Waals surface area contributed by atoms with Gasteiger partial charge in [0.25, 0.3) is 0 Å². The lowest BCUT2D eigenvalue weighted by atomic mass is 10.1. The monoisotopic (exact) mass is 316 g/mol. The third kappa shape index (κ3) is 3.61. The second-order valence-electron chi connectivity index (χ2n) is 5.72. The van der Waals surface area contributed by atoms with Gasteiger partial charge in [-0.05, 0) is 25.3 Å². The van der Waals surface area contributed by atoms with E-state index in [1.165, 1.54) is 4.68 Å². The van der Waals surface area contributed by atoms with E-state index in [4.69, 9.17) is 4.74 Å². The maximum absolute atomic E-state index is 12.1. The molecule has 0 atom stereocenters. The fourth-order valence-corrected chi connectivity index (χ4v) is 2.80. The number of ether oxygens (including phenoxy) is 1. The second kappa shape index (κ2) is 6.68. The van der Waals surface area contributed by atoms with Gasteiger partial charge in [0.05, 0.1) is 6.04 Å². The third-order valence-electron chi connectivity index (χ3n) is 4.03. The largest absolute Gasteiger partial charge is 0.445 e. The molecule has 1 aromatic carbocycles. The molecule has 3 rings (SSSR count). The second-order valence-corrected chi connectivity index (χ2v) is 5.72. The minimum atomic E-state index is -0.308. The number of hydrogen-bond acceptors (Lipinski definition) is 4. The summed E-state index contributed by atoms with van der Waals surface area (Å²) in [4.78, 5) is 28.2. The fraction of sp³-hybridized carbons (Fsp3) is 0.438. The van der Waals surface area contributed by atoms with Crippen LogP contribution in [0.15, 0.2) is 35.1 Å². The summed E-state index contributed by atoms with van der Waals surface area (Å²) in [7, 11) is 0. The Kier molecular flexibility index (Phi) is 4.45. The van der Waals surface area contributed by atoms with Crippen molar-refractivity contribution in [3.63, 3.8) is 0 Å². The van der Waals surface area contributed by atoms with Crippen molar-refractivity contribution >= 4 is 6.09 Å². The van der Waals surface area contributed by atoms with Gasteiger partial charge in [-0.25, -0.2) is 14.3 Å². The van der Waals surface area contributed by atoms with E-state index in [0.29, 0.717) is 31.8 Å². The van der Waals surface area contributed by atoms with Gasteiger partial charge in [0, 0.05) is 13.1 Å². The molecule has 1 amide bonds. The number of hydrogen-bond donors (Lipinski definition) is 1. The predicted octanol–water partition coefficient (Wildman–Crippen LogP) is 1.85. The van der Waals surface area contributed by atoms with Crippen LogP contribution in [-0.2, 0) is 11.3 Å². The van der Waals surface area contributed by atoms with Crippen LogP contribution in [0, 0.1) is 6.92 Å². The summed E-state index contributed by atoms with van der Waals surface area (Å²) in [5.41, 5.74) is 0.780. The zero-order valence-corrected chi connectivity index (χ0v) is 13.1. The molecule has 1 fully saturated rings. The normalized spacial score (nSPS) is 15.6. The molecule has 2 aromatic rings. The van der Waals surface area contributed by atoms with Gasteiger partial charge in [0.1, 0.15) is 12.4 Å². The Bertz CT molecular complexity index is 714. The molecule has 122 valence electrons. The fourth-order valence-electron chi connectivity index (χ4n) is 2.80. The van der Waals surface area contributed by atoms with Gasteiger partial charge in [0.2, 0.25) is 0 Å². The summed E-state index contributed by atoms with van der Waals surface area (Å²) in [6, 6.07) is 9.63. The van der Waals surface area contributed by atoms with Crippen molar-refractivity contribution in [1.29, 1.82) is 0 Å². The standard InChI is InChI=1S/C16H20N4O3/c1-12-17-15(21)20(18-12)14-7-9-19(10-8-14)16(22)23-11-13-5-3-2-4-6-13/h2-6,14H,7-11H2,1H3,(H,17,18,21). The van der Waals surface area contributed by atoms with Crippen LogP contribution < -0.4 is 5.69 Å². The highest BCUT2D eigenvalue weighted by Crippen LogP contribution is 2.21. The van der Waals surface area contributed by atoms with Gasteiger partial charge in [-0.2, -0.15) is 5.10 Å². The minimum Gasteiger partial charge on any atom is -0.445 e. The molecule has 1 aliphatic heterocycles. The van der Waals surface area contributed by atoms with Gasteiger partial charge in [-0.1, -0.05) is 30.3 Å². The number of nitrogens with one attached hydrogen (secondary N) is 1. The lowest BCUT2D eigenvalue weighted by Gasteiger charge is -2.30. The van der Waals surface area contributed by atoms with Gasteiger partial charge in [-0.3, -0.25) is 4.98 Å². The number of carbonyl (C=O) groups is 1. The number of carbonyl (C=O) groups excluding carboxylic acids is 1. The first-order valence-corrected chi connectivity index (χ1v) is 7.74. The van der Waals surface area contributed by atoms with Gasteiger partial charge in [-0.15, -0.1) is 0 Å². The molecule has 2 heterocycles. The molecule has 1 aromatic heterocycles. The van der Waals surface area contributed by atoms with Crippen molar-refractivity contribution < 1.29 is 9.53 Å². The summed E-state index contributed by atoms with van der Waals surface area (Å²) in [6.07, 6.45) is 1.09. The SMILES string of the molecule is Cc1nn(C2CCN(C(=O)OCc3ccccc3)CC2)c(=O)[nH]1. The lowest BCUT2D eigenvalue weighted by Crippen LogP contribution is -2.41. The molecule has 23 heavy (non-hydrogen) atoms. The van der Waals surface area contributed by atoms with Crippen LogP contribution in [0.4, 0.5) is 4.79 Å². The minimum absolute atomic E-state index is 0.0330. The van der Waals surface area contributed by atoms with E-state index < -0.39 is 0 Å². The summed E-state index contributed by atoms with van der Waals surface area (Å²) < 4.78 is 6.82. The topological polar surface area (TPSA) is 80.2 Å². The first-order chi connectivity index (χ1) is 11.1. The number of aromatic nitrogens is 3. The smallest absolute Gasteiger partial charge is 0.410 e. The zero-order valence-electron chi connectivity index (χ0n) is 13.1. The average molecular weight is 316 g/mol. The number of benzene rings is 1. The molecular weight excluding hydrogens is 296 g/mol. The Balaban J connectivity index is 1.51. The van der Waals surface area contributed by atoms with Crippen LogP contribution in [-0.4, -0.2) is 38.8 Å². The molecule has 7 heteroatoms. The number of likely N-dealkylation sites (tertiary alicyclic amines) is 1. The van der Waals surface area contributed by atoms with E-state index >= 15 is 0 Å². The summed E-state index contributed by atoms with van der Waals surface area (Å²) >= 11 is 0. The number of rotatable bonds is 3. The van der Waals surface area contributed by atoms with Crippen molar-refractivity contribution in [3.05, 3.63) is 52.2 Å². The molecule has 0 aliphatic carbocycles. The molecular formula is C16H20N4O3. The molecule has 1 aliphatic rings. The van der Waals surface area contributed by atoms with E-state index in [0.717, 1.165) is 5.56 Å². The van der Waals surface area contributed by atoms with Crippen molar-refractivity contribution in [2.24, 2.45) is 0 Å². The molecule has 0 bridgehead atoms. The van der Waals surface area contributed by atoms with Gasteiger partial charge in [0.15, 0.2) is 0 Å². The Morgan fingerprint density at radius 3 is 2.61 bits per heavy atom. The van der Waals surface area contributed by atoms with Gasteiger partial charge >= 0.3 is 11.8 Å². The van der Waals surface area contributed by atoms with Crippen molar-refractivity contribution in [2.45, 2.75) is 32.4 Å². The van der Waals surface area contributed by atoms with Crippen LogP contribution >= 0.6 is 0 Å².